The van der Waals surface area contributed by atoms with E-state index in [2.05, 4.69) is 27.7 Å². The molecule has 0 spiro atoms. The molecule has 0 bridgehead atoms. The molecule has 0 radical (unpaired) electrons. The number of carbonyl (C=O) groups excluding carboxylic acids is 1. The standard InChI is InChI=1S/C48H72O21/c1-43(2)23-8-11-48(7)36(21(50)16-19-20-17-45(4,42(62)63)13-12-44(20,3)14-15-47(19,48)6)46(23,5)10-9-24(43)65-41-34(28(54)27(53)33(67-41)37(58)59)68-40-31(57)29(55)32(35(69-40)38(60)61)66-39-30(56)26(52)25(51)22(18-49)64-39/h16,20,22-36,39-41,49,51-57H,8-15,17-18H2,1-7H3,(H,58,59)(H,60,61)(H,62,63). The SMILES string of the molecule is CC1(C(=O)O)CCC2(C)CCC3(C)C(=CC(=O)C4C5(C)CCC(OC6OC(C(=O)O)C(O)C(O)C6OC6OC(C(=O)O)C(OC7OC(CO)C(O)C(O)C7O)C(O)C6O)C(C)(C)C5CCC43C)C2C1. The van der Waals surface area contributed by atoms with Crippen LogP contribution in [0.5, 0.6) is 0 Å². The predicted octanol–water partition coefficient (Wildman–Crippen LogP) is 0.0698. The van der Waals surface area contributed by atoms with Gasteiger partial charge in [0.1, 0.15) is 61.0 Å². The fraction of sp³-hybridized carbons (Fsp3) is 0.875. The summed E-state index contributed by atoms with van der Waals surface area (Å²) in [6.45, 7) is 13.8. The molecule has 0 aromatic heterocycles. The van der Waals surface area contributed by atoms with Gasteiger partial charge in [0, 0.05) is 5.92 Å². The topological polar surface area (TPSA) is 346 Å². The Morgan fingerprint density at radius 2 is 1.22 bits per heavy atom. The molecule has 3 aliphatic heterocycles. The maximum Gasteiger partial charge on any atom is 0.335 e. The van der Waals surface area contributed by atoms with Crippen LogP contribution in [0.1, 0.15) is 106 Å². The summed E-state index contributed by atoms with van der Waals surface area (Å²) in [5.41, 5.74) is -2.14. The highest BCUT2D eigenvalue weighted by molar-refractivity contribution is 5.95. The minimum absolute atomic E-state index is 0.0263. The maximum absolute atomic E-state index is 15.0. The summed E-state index contributed by atoms with van der Waals surface area (Å²) in [7, 11) is 0. The molecule has 21 nitrogen and oxygen atoms in total. The number of carbonyl (C=O) groups is 4. The van der Waals surface area contributed by atoms with Gasteiger partial charge in [0.05, 0.1) is 18.1 Å². The summed E-state index contributed by atoms with van der Waals surface area (Å²) < 4.78 is 34.8. The number of hydrogen-bond acceptors (Lipinski definition) is 18. The normalized spacial score (nSPS) is 52.8. The van der Waals surface area contributed by atoms with E-state index >= 15 is 0 Å². The minimum Gasteiger partial charge on any atom is -0.481 e. The van der Waals surface area contributed by atoms with Crippen molar-refractivity contribution in [2.45, 2.75) is 204 Å². The van der Waals surface area contributed by atoms with Gasteiger partial charge in [0.2, 0.25) is 0 Å². The van der Waals surface area contributed by atoms with Crippen LogP contribution < -0.4 is 0 Å². The summed E-state index contributed by atoms with van der Waals surface area (Å²) in [6, 6.07) is 0. The number of ether oxygens (including phenoxy) is 6. The van der Waals surface area contributed by atoms with E-state index in [0.29, 0.717) is 38.5 Å². The Balaban J connectivity index is 1.04. The summed E-state index contributed by atoms with van der Waals surface area (Å²) >= 11 is 0. The molecule has 11 N–H and O–H groups in total. The van der Waals surface area contributed by atoms with Crippen LogP contribution in [-0.2, 0) is 47.6 Å². The Morgan fingerprint density at radius 3 is 1.84 bits per heavy atom. The zero-order valence-electron chi connectivity index (χ0n) is 40.1. The molecule has 7 fully saturated rings. The van der Waals surface area contributed by atoms with Crippen molar-refractivity contribution in [2.75, 3.05) is 6.61 Å². The third-order valence-corrected chi connectivity index (χ3v) is 19.3. The lowest BCUT2D eigenvalue weighted by molar-refractivity contribution is -0.384. The predicted molar refractivity (Wildman–Crippen MR) is 232 cm³/mol. The first-order valence-electron chi connectivity index (χ1n) is 24.3. The first-order chi connectivity index (χ1) is 32.0. The van der Waals surface area contributed by atoms with Crippen molar-refractivity contribution in [3.63, 3.8) is 0 Å². The van der Waals surface area contributed by atoms with Gasteiger partial charge in [-0.2, -0.15) is 0 Å². The molecule has 0 amide bonds. The number of hydrogen-bond donors (Lipinski definition) is 11. The van der Waals surface area contributed by atoms with E-state index in [1.165, 1.54) is 0 Å². The molecule has 8 rings (SSSR count). The fourth-order valence-electron chi connectivity index (χ4n) is 14.8. The maximum atomic E-state index is 15.0. The molecular formula is C48H72O21. The van der Waals surface area contributed by atoms with Gasteiger partial charge >= 0.3 is 17.9 Å². The highest BCUT2D eigenvalue weighted by Gasteiger charge is 2.71. The molecule has 3 heterocycles. The quantitative estimate of drug-likeness (QED) is 0.129. The van der Waals surface area contributed by atoms with E-state index in [0.717, 1.165) is 24.8 Å². The van der Waals surface area contributed by atoms with Crippen molar-refractivity contribution in [1.29, 1.82) is 0 Å². The molecule has 8 aliphatic rings. The smallest absolute Gasteiger partial charge is 0.335 e. The number of aliphatic carboxylic acids is 3. The van der Waals surface area contributed by atoms with E-state index < -0.39 is 150 Å². The van der Waals surface area contributed by atoms with Crippen molar-refractivity contribution >= 4 is 23.7 Å². The fourth-order valence-corrected chi connectivity index (χ4v) is 14.8. The average Bonchev–Trinajstić information content (AvgIpc) is 3.27. The lowest BCUT2D eigenvalue weighted by atomic mass is 9.33. The molecule has 21 heteroatoms. The van der Waals surface area contributed by atoms with Gasteiger partial charge in [0.25, 0.3) is 0 Å². The number of carboxylic acid groups (broad SMARTS) is 3. The van der Waals surface area contributed by atoms with Gasteiger partial charge in [-0.3, -0.25) is 9.59 Å². The molecule has 0 aromatic rings. The first kappa shape index (κ1) is 52.6. The molecule has 4 saturated carbocycles. The minimum atomic E-state index is -2.22. The van der Waals surface area contributed by atoms with Crippen molar-refractivity contribution < 1.29 is 104 Å². The summed E-state index contributed by atoms with van der Waals surface area (Å²) in [6.07, 6.45) is -23.2. The molecule has 24 unspecified atom stereocenters. The largest absolute Gasteiger partial charge is 0.481 e. The van der Waals surface area contributed by atoms with Crippen molar-refractivity contribution in [2.24, 2.45) is 50.2 Å². The molecule has 390 valence electrons. The number of carboxylic acids is 3. The first-order valence-corrected chi connectivity index (χ1v) is 24.3. The Hall–Kier alpha value is -2.74. The van der Waals surface area contributed by atoms with E-state index in [1.54, 1.807) is 0 Å². The molecular weight excluding hydrogens is 913 g/mol. The average molecular weight is 985 g/mol. The second-order valence-corrected chi connectivity index (χ2v) is 23.4. The third kappa shape index (κ3) is 8.13. The van der Waals surface area contributed by atoms with Crippen molar-refractivity contribution in [1.82, 2.24) is 0 Å². The summed E-state index contributed by atoms with van der Waals surface area (Å²) in [4.78, 5) is 52.5. The second-order valence-electron chi connectivity index (χ2n) is 23.4. The lowest BCUT2D eigenvalue weighted by Crippen LogP contribution is -2.68. The van der Waals surface area contributed by atoms with Gasteiger partial charge in [-0.25, -0.2) is 9.59 Å². The van der Waals surface area contributed by atoms with E-state index in [1.807, 2.05) is 26.8 Å². The Labute approximate surface area is 399 Å². The number of rotatable bonds is 10. The third-order valence-electron chi connectivity index (χ3n) is 19.3. The van der Waals surface area contributed by atoms with Crippen LogP contribution in [0.2, 0.25) is 0 Å². The van der Waals surface area contributed by atoms with Crippen LogP contribution in [0.25, 0.3) is 0 Å². The number of ketones is 1. The zero-order valence-corrected chi connectivity index (χ0v) is 40.1. The van der Waals surface area contributed by atoms with Gasteiger partial charge in [-0.15, -0.1) is 0 Å². The zero-order chi connectivity index (χ0) is 50.9. The summed E-state index contributed by atoms with van der Waals surface area (Å²) in [5, 5.41) is 116. The van der Waals surface area contributed by atoms with Crippen molar-refractivity contribution in [3.05, 3.63) is 11.6 Å². The van der Waals surface area contributed by atoms with Gasteiger partial charge in [-0.05, 0) is 110 Å². The number of allylic oxidation sites excluding steroid dienone is 2. The molecule has 5 aliphatic carbocycles. The number of aliphatic hydroxyl groups is 8. The van der Waals surface area contributed by atoms with Gasteiger partial charge < -0.3 is 84.6 Å². The van der Waals surface area contributed by atoms with E-state index in [9.17, 15) is 75.3 Å². The van der Waals surface area contributed by atoms with E-state index in [4.69, 9.17) is 28.4 Å². The van der Waals surface area contributed by atoms with Crippen LogP contribution in [-0.4, -0.2) is 185 Å². The molecule has 0 aromatic carbocycles. The monoisotopic (exact) mass is 984 g/mol. The van der Waals surface area contributed by atoms with Gasteiger partial charge in [-0.1, -0.05) is 47.1 Å². The van der Waals surface area contributed by atoms with Crippen LogP contribution >= 0.6 is 0 Å². The Kier molecular flexibility index (Phi) is 13.7. The lowest BCUT2D eigenvalue weighted by Gasteiger charge is -2.70. The van der Waals surface area contributed by atoms with Gasteiger partial charge in [0.15, 0.2) is 36.9 Å². The molecule has 69 heavy (non-hydrogen) atoms. The van der Waals surface area contributed by atoms with Crippen LogP contribution in [0, 0.1) is 50.2 Å². The van der Waals surface area contributed by atoms with Crippen LogP contribution in [0.4, 0.5) is 0 Å². The highest BCUT2D eigenvalue weighted by atomic mass is 16.8. The van der Waals surface area contributed by atoms with Crippen LogP contribution in [0.15, 0.2) is 11.6 Å². The summed E-state index contributed by atoms with van der Waals surface area (Å²) in [5.74, 6) is -4.85. The second kappa shape index (κ2) is 18.0. The Bertz CT molecular complexity index is 2050. The number of aliphatic hydroxyl groups excluding tert-OH is 8. The number of fused-ring (bicyclic) bond motifs is 7. The highest BCUT2D eigenvalue weighted by Crippen LogP contribution is 2.75. The van der Waals surface area contributed by atoms with E-state index in [-0.39, 0.29) is 28.4 Å². The van der Waals surface area contributed by atoms with Crippen molar-refractivity contribution in [3.8, 4) is 0 Å². The Morgan fingerprint density at radius 1 is 0.638 bits per heavy atom. The molecule has 24 atom stereocenters. The van der Waals surface area contributed by atoms with Crippen LogP contribution in [0.3, 0.4) is 0 Å². The molecule has 3 saturated heterocycles.